The van der Waals surface area contributed by atoms with Crippen molar-refractivity contribution in [3.05, 3.63) is 119 Å². The first-order valence-electron chi connectivity index (χ1n) is 10.4. The van der Waals surface area contributed by atoms with Crippen molar-refractivity contribution in [2.24, 2.45) is 5.73 Å². The average molecular weight is 423 g/mol. The number of nitrogens with zero attached hydrogens (tertiary/aromatic N) is 1. The van der Waals surface area contributed by atoms with Gasteiger partial charge in [0.2, 0.25) is 0 Å². The third-order valence-corrected chi connectivity index (χ3v) is 5.39. The van der Waals surface area contributed by atoms with E-state index in [1.807, 2.05) is 97.1 Å². The van der Waals surface area contributed by atoms with Gasteiger partial charge in [0, 0.05) is 11.4 Å². The van der Waals surface area contributed by atoms with E-state index in [2.05, 4.69) is 0 Å². The normalized spacial score (nSPS) is 10.6. The summed E-state index contributed by atoms with van der Waals surface area (Å²) >= 11 is 0. The minimum absolute atomic E-state index is 0.525. The van der Waals surface area contributed by atoms with E-state index in [1.54, 1.807) is 0 Å². The molecule has 6 N–H and O–H groups in total. The van der Waals surface area contributed by atoms with Crippen LogP contribution >= 0.6 is 0 Å². The maximum atomic E-state index is 12.2. The summed E-state index contributed by atoms with van der Waals surface area (Å²) in [6.45, 7) is 0. The van der Waals surface area contributed by atoms with Crippen LogP contribution in [0.5, 0.6) is 0 Å². The molecule has 0 saturated heterocycles. The predicted octanol–water partition coefficient (Wildman–Crippen LogP) is 5.25. The maximum absolute atomic E-state index is 12.2. The zero-order chi connectivity index (χ0) is 22.5. The van der Waals surface area contributed by atoms with Crippen LogP contribution in [0.2, 0.25) is 0 Å². The molecule has 0 unspecified atom stereocenters. The third-order valence-electron chi connectivity index (χ3n) is 5.39. The van der Waals surface area contributed by atoms with Gasteiger partial charge in [-0.05, 0) is 83.6 Å². The SMILES string of the molecule is NC(=O)N(c1ccc(Cc2ccc(N)cc2)cc1)c1ccc(Cc2ccc(N)cc2)cc1. The van der Waals surface area contributed by atoms with E-state index in [9.17, 15) is 4.79 Å². The molecule has 0 atom stereocenters. The fourth-order valence-electron chi connectivity index (χ4n) is 3.67. The Balaban J connectivity index is 1.49. The molecule has 0 aliphatic heterocycles. The van der Waals surface area contributed by atoms with Crippen molar-refractivity contribution in [2.75, 3.05) is 16.4 Å². The Kier molecular flexibility index (Phi) is 6.08. The molecule has 4 aromatic rings. The van der Waals surface area contributed by atoms with Crippen molar-refractivity contribution in [3.63, 3.8) is 0 Å². The van der Waals surface area contributed by atoms with E-state index in [4.69, 9.17) is 17.2 Å². The van der Waals surface area contributed by atoms with Crippen LogP contribution in [-0.2, 0) is 12.8 Å². The number of benzene rings is 4. The van der Waals surface area contributed by atoms with Gasteiger partial charge in [-0.25, -0.2) is 4.79 Å². The van der Waals surface area contributed by atoms with Crippen LogP contribution in [0.25, 0.3) is 0 Å². The number of carbonyl (C=O) groups is 1. The molecule has 0 saturated carbocycles. The van der Waals surface area contributed by atoms with Crippen LogP contribution in [0.4, 0.5) is 27.5 Å². The number of hydrogen-bond donors (Lipinski definition) is 3. The minimum Gasteiger partial charge on any atom is -0.399 e. The number of carbonyl (C=O) groups excluding carboxylic acids is 1. The van der Waals surface area contributed by atoms with Crippen LogP contribution in [-0.4, -0.2) is 6.03 Å². The minimum atomic E-state index is -0.525. The highest BCUT2D eigenvalue weighted by Crippen LogP contribution is 2.27. The third kappa shape index (κ3) is 5.08. The highest BCUT2D eigenvalue weighted by molar-refractivity contribution is 5.98. The van der Waals surface area contributed by atoms with Crippen molar-refractivity contribution in [3.8, 4) is 0 Å². The van der Waals surface area contributed by atoms with Gasteiger partial charge < -0.3 is 17.2 Å². The lowest BCUT2D eigenvalue weighted by molar-refractivity contribution is 0.256. The van der Waals surface area contributed by atoms with E-state index in [-0.39, 0.29) is 0 Å². The first-order valence-corrected chi connectivity index (χ1v) is 10.4. The van der Waals surface area contributed by atoms with Crippen LogP contribution in [0.3, 0.4) is 0 Å². The van der Waals surface area contributed by atoms with Gasteiger partial charge in [0.25, 0.3) is 0 Å². The molecule has 160 valence electrons. The lowest BCUT2D eigenvalue weighted by atomic mass is 10.0. The molecule has 0 aliphatic carbocycles. The van der Waals surface area contributed by atoms with Gasteiger partial charge in [-0.1, -0.05) is 48.5 Å². The number of urea groups is 1. The lowest BCUT2D eigenvalue weighted by Crippen LogP contribution is -2.31. The summed E-state index contributed by atoms with van der Waals surface area (Å²) in [6, 6.07) is 30.9. The fourth-order valence-corrected chi connectivity index (χ4v) is 3.67. The standard InChI is InChI=1S/C27H26N4O/c28-23-9-1-19(2-10-23)17-21-5-13-25(14-6-21)31(27(30)32)26-15-7-22(8-16-26)18-20-3-11-24(29)12-4-20/h1-16H,17-18,28-29H2,(H2,30,32). The van der Waals surface area contributed by atoms with Crippen LogP contribution in [0, 0.1) is 0 Å². The number of amides is 2. The quantitative estimate of drug-likeness (QED) is 0.370. The molecule has 4 rings (SSSR count). The van der Waals surface area contributed by atoms with Crippen LogP contribution in [0.15, 0.2) is 97.1 Å². The first kappa shape index (κ1) is 21.0. The molecular weight excluding hydrogens is 396 g/mol. The lowest BCUT2D eigenvalue weighted by Gasteiger charge is -2.21. The highest BCUT2D eigenvalue weighted by atomic mass is 16.2. The van der Waals surface area contributed by atoms with E-state index in [1.165, 1.54) is 16.0 Å². The topological polar surface area (TPSA) is 98.4 Å². The molecule has 0 aliphatic rings. The van der Waals surface area contributed by atoms with Crippen molar-refractivity contribution >= 4 is 28.8 Å². The monoisotopic (exact) mass is 422 g/mol. The molecule has 5 nitrogen and oxygen atoms in total. The first-order chi connectivity index (χ1) is 15.5. The number of hydrogen-bond acceptors (Lipinski definition) is 3. The number of anilines is 4. The molecule has 0 bridgehead atoms. The zero-order valence-electron chi connectivity index (χ0n) is 17.7. The summed E-state index contributed by atoms with van der Waals surface area (Å²) < 4.78 is 0. The predicted molar refractivity (Wildman–Crippen MR) is 132 cm³/mol. The molecule has 0 radical (unpaired) electrons. The zero-order valence-corrected chi connectivity index (χ0v) is 17.7. The molecule has 4 aromatic carbocycles. The molecular formula is C27H26N4O. The van der Waals surface area contributed by atoms with E-state index < -0.39 is 6.03 Å². The summed E-state index contributed by atoms with van der Waals surface area (Å²) in [4.78, 5) is 13.8. The molecule has 0 aromatic heterocycles. The molecule has 0 spiro atoms. The van der Waals surface area contributed by atoms with Gasteiger partial charge in [-0.3, -0.25) is 4.90 Å². The largest absolute Gasteiger partial charge is 0.399 e. The Morgan fingerprint density at radius 3 is 1.09 bits per heavy atom. The van der Waals surface area contributed by atoms with Gasteiger partial charge >= 0.3 is 6.03 Å². The fraction of sp³-hybridized carbons (Fsp3) is 0.0741. The number of nitrogen functional groups attached to an aromatic ring is 2. The van der Waals surface area contributed by atoms with E-state index >= 15 is 0 Å². The summed E-state index contributed by atoms with van der Waals surface area (Å²) in [5.41, 5.74) is 24.8. The molecule has 0 fully saturated rings. The molecule has 2 amide bonds. The van der Waals surface area contributed by atoms with Gasteiger partial charge in [0.15, 0.2) is 0 Å². The Hall–Kier alpha value is -4.25. The summed E-state index contributed by atoms with van der Waals surface area (Å²) in [5, 5.41) is 0. The average Bonchev–Trinajstić information content (AvgIpc) is 2.79. The number of primary amides is 1. The number of nitrogens with two attached hydrogens (primary N) is 3. The van der Waals surface area contributed by atoms with Gasteiger partial charge in [-0.2, -0.15) is 0 Å². The Morgan fingerprint density at radius 1 is 0.531 bits per heavy atom. The highest BCUT2D eigenvalue weighted by Gasteiger charge is 2.15. The molecule has 5 heteroatoms. The number of rotatable bonds is 6. The van der Waals surface area contributed by atoms with E-state index in [0.29, 0.717) is 0 Å². The van der Waals surface area contributed by atoms with Crippen LogP contribution < -0.4 is 22.1 Å². The summed E-state index contributed by atoms with van der Waals surface area (Å²) in [7, 11) is 0. The Bertz CT molecular complexity index is 1090. The Labute approximate surface area is 188 Å². The van der Waals surface area contributed by atoms with Crippen molar-refractivity contribution < 1.29 is 4.79 Å². The maximum Gasteiger partial charge on any atom is 0.323 e. The Morgan fingerprint density at radius 2 is 0.812 bits per heavy atom. The van der Waals surface area contributed by atoms with Gasteiger partial charge in [0.1, 0.15) is 0 Å². The van der Waals surface area contributed by atoms with Gasteiger partial charge in [0.05, 0.1) is 11.4 Å². The summed E-state index contributed by atoms with van der Waals surface area (Å²) in [5.74, 6) is 0. The van der Waals surface area contributed by atoms with Crippen LogP contribution in [0.1, 0.15) is 22.3 Å². The van der Waals surface area contributed by atoms with Crippen molar-refractivity contribution in [2.45, 2.75) is 12.8 Å². The second-order valence-electron chi connectivity index (χ2n) is 7.84. The van der Waals surface area contributed by atoms with Crippen molar-refractivity contribution in [1.29, 1.82) is 0 Å². The van der Waals surface area contributed by atoms with Crippen molar-refractivity contribution in [1.82, 2.24) is 0 Å². The molecule has 0 heterocycles. The van der Waals surface area contributed by atoms with E-state index in [0.717, 1.165) is 46.7 Å². The molecule has 32 heavy (non-hydrogen) atoms. The smallest absolute Gasteiger partial charge is 0.323 e. The second-order valence-corrected chi connectivity index (χ2v) is 7.84. The second kappa shape index (κ2) is 9.27. The summed E-state index contributed by atoms with van der Waals surface area (Å²) in [6.07, 6.45) is 1.58. The van der Waals surface area contributed by atoms with Gasteiger partial charge in [-0.15, -0.1) is 0 Å².